The van der Waals surface area contributed by atoms with Crippen molar-refractivity contribution in [3.8, 4) is 0 Å². The van der Waals surface area contributed by atoms with Gasteiger partial charge in [-0.1, -0.05) is 67.5 Å². The molecule has 0 aromatic heterocycles. The van der Waals surface area contributed by atoms with Gasteiger partial charge in [-0.05, 0) is 68.1 Å². The standard InChI is InChI=1S/C29H34O4/c1-19-15-25-23-10-9-21-16-22(30)11-13-27(21,2)24(23)12-14-28(25,3)29(19,32)26(31)18-33-17-20-7-5-4-6-8-20/h4-8,11-13,16,19,23,25,32H,9-10,14-15,17-18H2,1-3H3/t19-,23+,25-,27-,28-,29-/m0/s1. The number of ether oxygens (including phenoxy) is 1. The number of carbonyl (C=O) groups excluding carboxylic acids is 2. The van der Waals surface area contributed by atoms with Gasteiger partial charge in [0.05, 0.1) is 6.61 Å². The number of hydrogen-bond donors (Lipinski definition) is 1. The van der Waals surface area contributed by atoms with Crippen LogP contribution in [0.4, 0.5) is 0 Å². The van der Waals surface area contributed by atoms with Crippen molar-refractivity contribution < 1.29 is 19.4 Å². The van der Waals surface area contributed by atoms with Gasteiger partial charge in [-0.15, -0.1) is 0 Å². The lowest BCUT2D eigenvalue weighted by Crippen LogP contribution is -2.57. The normalized spacial score (nSPS) is 39.3. The van der Waals surface area contributed by atoms with Gasteiger partial charge in [0.1, 0.15) is 12.2 Å². The molecular weight excluding hydrogens is 412 g/mol. The molecule has 1 aromatic carbocycles. The first kappa shape index (κ1) is 22.5. The van der Waals surface area contributed by atoms with Gasteiger partial charge in [0.15, 0.2) is 11.6 Å². The van der Waals surface area contributed by atoms with Crippen LogP contribution in [0.25, 0.3) is 0 Å². The molecule has 2 fully saturated rings. The minimum atomic E-state index is -1.40. The Kier molecular flexibility index (Phi) is 5.37. The second-order valence-electron chi connectivity index (χ2n) is 10.9. The first-order valence-corrected chi connectivity index (χ1v) is 12.2. The summed E-state index contributed by atoms with van der Waals surface area (Å²) in [6.45, 7) is 6.64. The number of benzene rings is 1. The second kappa shape index (κ2) is 7.89. The molecule has 0 unspecified atom stereocenters. The molecule has 4 aliphatic carbocycles. The van der Waals surface area contributed by atoms with Gasteiger partial charge < -0.3 is 9.84 Å². The highest BCUT2D eigenvalue weighted by atomic mass is 16.5. The second-order valence-corrected chi connectivity index (χ2v) is 10.9. The lowest BCUT2D eigenvalue weighted by atomic mass is 9.51. The van der Waals surface area contributed by atoms with Crippen molar-refractivity contribution in [2.75, 3.05) is 6.61 Å². The fraction of sp³-hybridized carbons (Fsp3) is 0.517. The van der Waals surface area contributed by atoms with Gasteiger partial charge in [-0.2, -0.15) is 0 Å². The lowest BCUT2D eigenvalue weighted by molar-refractivity contribution is -0.163. The van der Waals surface area contributed by atoms with E-state index >= 15 is 0 Å². The molecule has 33 heavy (non-hydrogen) atoms. The molecule has 6 atom stereocenters. The predicted molar refractivity (Wildman–Crippen MR) is 127 cm³/mol. The Labute approximate surface area is 196 Å². The summed E-state index contributed by atoms with van der Waals surface area (Å²) in [5.41, 5.74) is 1.46. The molecule has 0 saturated heterocycles. The predicted octanol–water partition coefficient (Wildman–Crippen LogP) is 4.98. The maximum absolute atomic E-state index is 13.5. The molecule has 0 spiro atoms. The smallest absolute Gasteiger partial charge is 0.190 e. The monoisotopic (exact) mass is 446 g/mol. The summed E-state index contributed by atoms with van der Waals surface area (Å²) < 4.78 is 5.76. The lowest BCUT2D eigenvalue weighted by Gasteiger charge is -2.53. The molecule has 1 N–H and O–H groups in total. The third-order valence-corrected chi connectivity index (χ3v) is 9.30. The molecule has 5 rings (SSSR count). The molecule has 174 valence electrons. The average Bonchev–Trinajstić information content (AvgIpc) is 3.02. The molecule has 4 heteroatoms. The van der Waals surface area contributed by atoms with Crippen molar-refractivity contribution in [2.45, 2.75) is 58.7 Å². The molecule has 1 aromatic rings. The van der Waals surface area contributed by atoms with Crippen LogP contribution in [0, 0.1) is 28.6 Å². The van der Waals surface area contributed by atoms with Crippen LogP contribution in [-0.4, -0.2) is 28.9 Å². The maximum atomic E-state index is 13.5. The van der Waals surface area contributed by atoms with Crippen LogP contribution in [0.1, 0.15) is 52.0 Å². The molecule has 2 saturated carbocycles. The highest BCUT2D eigenvalue weighted by Crippen LogP contribution is 2.66. The third kappa shape index (κ3) is 3.25. The van der Waals surface area contributed by atoms with Gasteiger partial charge in [-0.3, -0.25) is 9.59 Å². The van der Waals surface area contributed by atoms with Crippen LogP contribution in [0.5, 0.6) is 0 Å². The Hall–Kier alpha value is -2.30. The van der Waals surface area contributed by atoms with Crippen LogP contribution >= 0.6 is 0 Å². The summed E-state index contributed by atoms with van der Waals surface area (Å²) in [4.78, 5) is 25.4. The van der Waals surface area contributed by atoms with Crippen LogP contribution < -0.4 is 0 Å². The van der Waals surface area contributed by atoms with E-state index in [1.165, 1.54) is 11.1 Å². The summed E-state index contributed by atoms with van der Waals surface area (Å²) >= 11 is 0. The average molecular weight is 447 g/mol. The van der Waals surface area contributed by atoms with Gasteiger partial charge in [0.2, 0.25) is 0 Å². The van der Waals surface area contributed by atoms with Crippen molar-refractivity contribution >= 4 is 11.6 Å². The van der Waals surface area contributed by atoms with E-state index in [0.29, 0.717) is 18.9 Å². The van der Waals surface area contributed by atoms with E-state index in [-0.39, 0.29) is 35.4 Å². The van der Waals surface area contributed by atoms with E-state index in [9.17, 15) is 14.7 Å². The SMILES string of the molecule is C[C@H]1C[C@H]2[C@@H]3CCC4=CC(=O)C=C[C@]4(C)C3=CC[C@]2(C)[C@@]1(O)C(=O)COCc1ccccc1. The summed E-state index contributed by atoms with van der Waals surface area (Å²) in [6.07, 6.45) is 11.2. The Balaban J connectivity index is 1.40. The van der Waals surface area contributed by atoms with Crippen molar-refractivity contribution in [2.24, 2.45) is 28.6 Å². The van der Waals surface area contributed by atoms with E-state index in [1.54, 1.807) is 6.08 Å². The topological polar surface area (TPSA) is 63.6 Å². The number of ketones is 2. The Morgan fingerprint density at radius 2 is 1.97 bits per heavy atom. The fourth-order valence-electron chi connectivity index (χ4n) is 7.41. The van der Waals surface area contributed by atoms with Crippen molar-refractivity contribution in [1.82, 2.24) is 0 Å². The quantitative estimate of drug-likeness (QED) is 0.648. The molecule has 4 aliphatic rings. The Morgan fingerprint density at radius 3 is 2.73 bits per heavy atom. The Bertz CT molecular complexity index is 1070. The largest absolute Gasteiger partial charge is 0.381 e. The maximum Gasteiger partial charge on any atom is 0.190 e. The van der Waals surface area contributed by atoms with Gasteiger partial charge in [0.25, 0.3) is 0 Å². The van der Waals surface area contributed by atoms with E-state index in [1.807, 2.05) is 43.3 Å². The summed E-state index contributed by atoms with van der Waals surface area (Å²) in [6, 6.07) is 9.80. The summed E-state index contributed by atoms with van der Waals surface area (Å²) in [5.74, 6) is 0.310. The minimum Gasteiger partial charge on any atom is -0.381 e. The van der Waals surface area contributed by atoms with E-state index < -0.39 is 11.0 Å². The van der Waals surface area contributed by atoms with Crippen molar-refractivity contribution in [1.29, 1.82) is 0 Å². The fourth-order valence-corrected chi connectivity index (χ4v) is 7.41. The zero-order chi connectivity index (χ0) is 23.4. The first-order chi connectivity index (χ1) is 15.7. The van der Waals surface area contributed by atoms with Gasteiger partial charge in [-0.25, -0.2) is 0 Å². The van der Waals surface area contributed by atoms with Crippen LogP contribution in [0.3, 0.4) is 0 Å². The molecule has 0 heterocycles. The number of allylic oxidation sites excluding steroid dienone is 6. The van der Waals surface area contributed by atoms with Crippen molar-refractivity contribution in [3.63, 3.8) is 0 Å². The number of aliphatic hydroxyl groups is 1. The highest BCUT2D eigenvalue weighted by Gasteiger charge is 2.67. The number of carbonyl (C=O) groups is 2. The highest BCUT2D eigenvalue weighted by molar-refractivity contribution is 6.01. The minimum absolute atomic E-state index is 0.0747. The van der Waals surface area contributed by atoms with Crippen LogP contribution in [0.2, 0.25) is 0 Å². The number of Topliss-reactive ketones (excluding diaryl/α,β-unsaturated/α-hetero) is 1. The zero-order valence-corrected chi connectivity index (χ0v) is 19.8. The van der Waals surface area contributed by atoms with Gasteiger partial charge >= 0.3 is 0 Å². The van der Waals surface area contributed by atoms with Crippen LogP contribution in [0.15, 0.2) is 65.8 Å². The molecule has 0 bridgehead atoms. The Morgan fingerprint density at radius 1 is 1.21 bits per heavy atom. The number of rotatable bonds is 5. The van der Waals surface area contributed by atoms with E-state index in [2.05, 4.69) is 26.0 Å². The molecule has 4 nitrogen and oxygen atoms in total. The van der Waals surface area contributed by atoms with E-state index in [4.69, 9.17) is 4.74 Å². The summed E-state index contributed by atoms with van der Waals surface area (Å²) in [7, 11) is 0. The zero-order valence-electron chi connectivity index (χ0n) is 19.8. The number of hydrogen-bond acceptors (Lipinski definition) is 4. The third-order valence-electron chi connectivity index (χ3n) is 9.30. The molecular formula is C29H34O4. The number of fused-ring (bicyclic) bond motifs is 5. The van der Waals surface area contributed by atoms with Crippen LogP contribution in [-0.2, 0) is 20.9 Å². The molecule has 0 amide bonds. The van der Waals surface area contributed by atoms with Gasteiger partial charge in [0, 0.05) is 10.8 Å². The first-order valence-electron chi connectivity index (χ1n) is 12.2. The molecule has 0 radical (unpaired) electrons. The van der Waals surface area contributed by atoms with E-state index in [0.717, 1.165) is 24.8 Å². The van der Waals surface area contributed by atoms with Crippen molar-refractivity contribution in [3.05, 3.63) is 71.3 Å². The molecule has 0 aliphatic heterocycles. The summed E-state index contributed by atoms with van der Waals surface area (Å²) in [5, 5.41) is 12.0.